The van der Waals surface area contributed by atoms with E-state index in [2.05, 4.69) is 15.4 Å². The van der Waals surface area contributed by atoms with Gasteiger partial charge in [-0.05, 0) is 44.9 Å². The molecule has 0 saturated carbocycles. The molecule has 0 fully saturated rings. The molecule has 0 spiro atoms. The lowest BCUT2D eigenvalue weighted by atomic mass is 10.0. The van der Waals surface area contributed by atoms with E-state index in [0.717, 1.165) is 6.42 Å². The molecule has 1 atom stereocenters. The van der Waals surface area contributed by atoms with Crippen LogP contribution in [0.25, 0.3) is 0 Å². The molecule has 0 heterocycles. The lowest BCUT2D eigenvalue weighted by molar-refractivity contribution is -0.143. The van der Waals surface area contributed by atoms with E-state index in [4.69, 9.17) is 4.74 Å². The molecule has 0 bridgehead atoms. The Bertz CT molecular complexity index is 805. The Morgan fingerprint density at radius 2 is 1.81 bits per heavy atom. The highest BCUT2D eigenvalue weighted by atomic mass is 16.6. The van der Waals surface area contributed by atoms with Gasteiger partial charge in [-0.3, -0.25) is 14.4 Å². The Morgan fingerprint density at radius 1 is 1.12 bits per heavy atom. The number of phenols is 1. The first-order chi connectivity index (χ1) is 15.0. The molecule has 3 amide bonds. The number of alkyl carbamates (subject to hydrolysis) is 1. The van der Waals surface area contributed by atoms with Crippen molar-refractivity contribution in [3.8, 4) is 5.75 Å². The van der Waals surface area contributed by atoms with Gasteiger partial charge in [-0.25, -0.2) is 4.79 Å². The number of phenolic OH excluding ortho intramolecular Hbond substituents is 1. The quantitative estimate of drug-likeness (QED) is 0.462. The van der Waals surface area contributed by atoms with Crippen LogP contribution in [0.5, 0.6) is 5.75 Å². The van der Waals surface area contributed by atoms with Gasteiger partial charge in [0, 0.05) is 6.54 Å². The maximum atomic E-state index is 13.0. The van der Waals surface area contributed by atoms with Crippen molar-refractivity contribution in [2.24, 2.45) is 0 Å². The largest absolute Gasteiger partial charge is 0.508 e. The van der Waals surface area contributed by atoms with Gasteiger partial charge in [0.15, 0.2) is 0 Å². The zero-order chi connectivity index (χ0) is 24.3. The van der Waals surface area contributed by atoms with Crippen molar-refractivity contribution in [1.82, 2.24) is 15.5 Å². The van der Waals surface area contributed by atoms with Crippen LogP contribution in [0.3, 0.4) is 0 Å². The molecule has 32 heavy (non-hydrogen) atoms. The standard InChI is InChI=1S/C22H33N3O7/c1-6-7-11-25(17(27)13-24-21(30)32-22(2,3)4)19(15-9-8-10-16(26)12-15)20(29)23-14-18(28)31-5/h8-10,12,19,26H,6-7,11,13-14H2,1-5H3,(H,23,29)(H,24,30). The third kappa shape index (κ3) is 9.23. The van der Waals surface area contributed by atoms with Crippen molar-refractivity contribution in [1.29, 1.82) is 0 Å². The number of methoxy groups -OCH3 is 1. The highest BCUT2D eigenvalue weighted by Gasteiger charge is 2.32. The number of nitrogens with one attached hydrogen (secondary N) is 2. The summed E-state index contributed by atoms with van der Waals surface area (Å²) >= 11 is 0. The molecule has 10 nitrogen and oxygen atoms in total. The van der Waals surface area contributed by atoms with E-state index >= 15 is 0 Å². The Kier molecular flexibility index (Phi) is 10.5. The molecule has 0 aliphatic heterocycles. The van der Waals surface area contributed by atoms with Crippen LogP contribution >= 0.6 is 0 Å². The summed E-state index contributed by atoms with van der Waals surface area (Å²) in [4.78, 5) is 50.8. The van der Waals surface area contributed by atoms with Crippen LogP contribution in [0.2, 0.25) is 0 Å². The van der Waals surface area contributed by atoms with Crippen molar-refractivity contribution in [3.05, 3.63) is 29.8 Å². The van der Waals surface area contributed by atoms with Gasteiger partial charge < -0.3 is 30.1 Å². The normalized spacial score (nSPS) is 11.8. The van der Waals surface area contributed by atoms with Crippen molar-refractivity contribution in [2.75, 3.05) is 26.7 Å². The average molecular weight is 452 g/mol. The third-order valence-corrected chi connectivity index (χ3v) is 4.24. The summed E-state index contributed by atoms with van der Waals surface area (Å²) in [7, 11) is 1.20. The average Bonchev–Trinajstić information content (AvgIpc) is 2.71. The summed E-state index contributed by atoms with van der Waals surface area (Å²) in [5.41, 5.74) is -0.374. The molecule has 3 N–H and O–H groups in total. The van der Waals surface area contributed by atoms with Gasteiger partial charge in [0.25, 0.3) is 0 Å². The van der Waals surface area contributed by atoms with E-state index in [-0.39, 0.29) is 18.8 Å². The summed E-state index contributed by atoms with van der Waals surface area (Å²) in [5.74, 6) is -1.87. The van der Waals surface area contributed by atoms with Crippen LogP contribution in [-0.2, 0) is 23.9 Å². The van der Waals surface area contributed by atoms with Gasteiger partial charge in [-0.15, -0.1) is 0 Å². The summed E-state index contributed by atoms with van der Waals surface area (Å²) < 4.78 is 9.70. The van der Waals surface area contributed by atoms with Crippen LogP contribution < -0.4 is 10.6 Å². The topological polar surface area (TPSA) is 134 Å². The number of hydrogen-bond acceptors (Lipinski definition) is 7. The number of amides is 3. The fourth-order valence-electron chi connectivity index (χ4n) is 2.79. The highest BCUT2D eigenvalue weighted by Crippen LogP contribution is 2.25. The molecule has 0 saturated heterocycles. The molecular formula is C22H33N3O7. The number of benzene rings is 1. The molecule has 1 rings (SSSR count). The molecule has 0 radical (unpaired) electrons. The molecule has 178 valence electrons. The predicted molar refractivity (Wildman–Crippen MR) is 117 cm³/mol. The smallest absolute Gasteiger partial charge is 0.408 e. The van der Waals surface area contributed by atoms with Crippen molar-refractivity contribution in [3.63, 3.8) is 0 Å². The molecule has 0 aliphatic rings. The van der Waals surface area contributed by atoms with Crippen molar-refractivity contribution in [2.45, 2.75) is 52.2 Å². The molecule has 0 aliphatic carbocycles. The monoisotopic (exact) mass is 451 g/mol. The first-order valence-corrected chi connectivity index (χ1v) is 10.4. The van der Waals surface area contributed by atoms with Crippen LogP contribution in [0.1, 0.15) is 52.1 Å². The summed E-state index contributed by atoms with van der Waals surface area (Å²) in [6.45, 7) is 6.48. The van der Waals surface area contributed by atoms with Gasteiger partial charge >= 0.3 is 12.1 Å². The van der Waals surface area contributed by atoms with Gasteiger partial charge in [-0.2, -0.15) is 0 Å². The minimum Gasteiger partial charge on any atom is -0.508 e. The van der Waals surface area contributed by atoms with Crippen LogP contribution in [0.4, 0.5) is 4.79 Å². The maximum Gasteiger partial charge on any atom is 0.408 e. The number of hydrogen-bond donors (Lipinski definition) is 3. The first-order valence-electron chi connectivity index (χ1n) is 10.4. The first kappa shape index (κ1) is 26.7. The van der Waals surface area contributed by atoms with Gasteiger partial charge in [-0.1, -0.05) is 25.5 Å². The van der Waals surface area contributed by atoms with Gasteiger partial charge in [0.2, 0.25) is 11.8 Å². The number of ether oxygens (including phenoxy) is 2. The number of nitrogens with zero attached hydrogens (tertiary/aromatic N) is 1. The van der Waals surface area contributed by atoms with Gasteiger partial charge in [0.05, 0.1) is 7.11 Å². The Morgan fingerprint density at radius 3 is 2.38 bits per heavy atom. The fourth-order valence-corrected chi connectivity index (χ4v) is 2.79. The molecule has 1 aromatic carbocycles. The highest BCUT2D eigenvalue weighted by molar-refractivity contribution is 5.91. The molecular weight excluding hydrogens is 418 g/mol. The van der Waals surface area contributed by atoms with Crippen LogP contribution in [0, 0.1) is 0 Å². The summed E-state index contributed by atoms with van der Waals surface area (Å²) in [6.07, 6.45) is 0.586. The Hall–Kier alpha value is -3.30. The van der Waals surface area contributed by atoms with Crippen LogP contribution in [-0.4, -0.2) is 66.2 Å². The van der Waals surface area contributed by atoms with E-state index < -0.39 is 42.1 Å². The molecule has 10 heteroatoms. The van der Waals surface area contributed by atoms with E-state index in [0.29, 0.717) is 12.0 Å². The van der Waals surface area contributed by atoms with E-state index in [1.165, 1.54) is 24.1 Å². The van der Waals surface area contributed by atoms with E-state index in [9.17, 15) is 24.3 Å². The van der Waals surface area contributed by atoms with Gasteiger partial charge in [0.1, 0.15) is 30.5 Å². The lowest BCUT2D eigenvalue weighted by Gasteiger charge is -2.31. The second-order valence-electron chi connectivity index (χ2n) is 8.09. The zero-order valence-corrected chi connectivity index (χ0v) is 19.3. The second kappa shape index (κ2) is 12.5. The van der Waals surface area contributed by atoms with Crippen molar-refractivity contribution >= 4 is 23.9 Å². The number of unbranched alkanes of at least 4 members (excludes halogenated alkanes) is 1. The minimum absolute atomic E-state index is 0.0805. The summed E-state index contributed by atoms with van der Waals surface area (Å²) in [5, 5.41) is 14.8. The van der Waals surface area contributed by atoms with Crippen molar-refractivity contribution < 1.29 is 33.8 Å². The minimum atomic E-state index is -1.13. The molecule has 1 unspecified atom stereocenters. The number of esters is 1. The van der Waals surface area contributed by atoms with E-state index in [1.807, 2.05) is 6.92 Å². The van der Waals surface area contributed by atoms with Crippen LogP contribution in [0.15, 0.2) is 24.3 Å². The third-order valence-electron chi connectivity index (χ3n) is 4.24. The second-order valence-corrected chi connectivity index (χ2v) is 8.09. The number of aromatic hydroxyl groups is 1. The molecule has 0 aromatic heterocycles. The number of rotatable bonds is 10. The number of carbonyl (C=O) groups excluding carboxylic acids is 4. The Labute approximate surface area is 188 Å². The maximum absolute atomic E-state index is 13.0. The summed E-state index contributed by atoms with van der Waals surface area (Å²) in [6, 6.07) is 4.82. The molecule has 1 aromatic rings. The number of carbonyl (C=O) groups is 4. The lowest BCUT2D eigenvalue weighted by Crippen LogP contribution is -2.48. The SMILES string of the molecule is CCCCN(C(=O)CNC(=O)OC(C)(C)C)C(C(=O)NCC(=O)OC)c1cccc(O)c1. The van der Waals surface area contributed by atoms with E-state index in [1.54, 1.807) is 32.9 Å². The zero-order valence-electron chi connectivity index (χ0n) is 19.3. The fraction of sp³-hybridized carbons (Fsp3) is 0.545. The predicted octanol–water partition coefficient (Wildman–Crippen LogP) is 1.88. The Balaban J connectivity index is 3.15.